The third-order valence-electron chi connectivity index (χ3n) is 5.58. The molecule has 1 unspecified atom stereocenters. The van der Waals surface area contributed by atoms with E-state index < -0.39 is 12.1 Å². The van der Waals surface area contributed by atoms with Crippen LogP contribution in [-0.4, -0.2) is 41.1 Å². The first-order chi connectivity index (χ1) is 13.5. The van der Waals surface area contributed by atoms with Crippen molar-refractivity contribution in [2.45, 2.75) is 38.3 Å². The number of hydrogen-bond donors (Lipinski definition) is 2. The Balaban J connectivity index is 1.37. The van der Waals surface area contributed by atoms with Crippen molar-refractivity contribution >= 4 is 17.6 Å². The van der Waals surface area contributed by atoms with Crippen molar-refractivity contribution in [3.05, 3.63) is 59.2 Å². The molecule has 2 N–H and O–H groups in total. The Labute approximate surface area is 164 Å². The van der Waals surface area contributed by atoms with E-state index in [1.54, 1.807) is 19.1 Å². The van der Waals surface area contributed by atoms with Gasteiger partial charge >= 0.3 is 5.97 Å². The quantitative estimate of drug-likeness (QED) is 0.849. The highest BCUT2D eigenvalue weighted by molar-refractivity contribution is 5.97. The summed E-state index contributed by atoms with van der Waals surface area (Å²) in [5.41, 5.74) is 3.36. The summed E-state index contributed by atoms with van der Waals surface area (Å²) in [6.45, 7) is 4.51. The highest BCUT2D eigenvalue weighted by Gasteiger charge is 2.25. The molecule has 6 heteroatoms. The molecule has 4 rings (SSSR count). The predicted octanol–water partition coefficient (Wildman–Crippen LogP) is 3.48. The number of fused-ring (bicyclic) bond motifs is 1. The van der Waals surface area contributed by atoms with Crippen LogP contribution >= 0.6 is 0 Å². The van der Waals surface area contributed by atoms with Crippen LogP contribution in [0.3, 0.4) is 0 Å². The Kier molecular flexibility index (Phi) is 5.05. The standard InChI is InChI=1S/C22H24N2O4/c1-14-21(25)23-19-6-5-15(11-20(19)28-14)13-24-9-7-16(8-10-24)17-3-2-4-18(12-17)22(26)27/h2-6,11-12,14,16H,7-10,13H2,1H3,(H,23,25)(H,26,27). The molecule has 1 fully saturated rings. The lowest BCUT2D eigenvalue weighted by Crippen LogP contribution is -2.35. The summed E-state index contributed by atoms with van der Waals surface area (Å²) in [4.78, 5) is 25.3. The molecule has 1 saturated heterocycles. The largest absolute Gasteiger partial charge is 0.479 e. The van der Waals surface area contributed by atoms with E-state index in [1.807, 2.05) is 30.3 Å². The lowest BCUT2D eigenvalue weighted by molar-refractivity contribution is -0.122. The predicted molar refractivity (Wildman–Crippen MR) is 106 cm³/mol. The van der Waals surface area contributed by atoms with E-state index in [9.17, 15) is 14.7 Å². The van der Waals surface area contributed by atoms with Crippen molar-refractivity contribution in [2.75, 3.05) is 18.4 Å². The number of carboxylic acid groups (broad SMARTS) is 1. The number of piperidine rings is 1. The minimum absolute atomic E-state index is 0.116. The summed E-state index contributed by atoms with van der Waals surface area (Å²) < 4.78 is 5.70. The van der Waals surface area contributed by atoms with Crippen molar-refractivity contribution in [3.63, 3.8) is 0 Å². The number of benzene rings is 2. The lowest BCUT2D eigenvalue weighted by Gasteiger charge is -2.32. The van der Waals surface area contributed by atoms with Gasteiger partial charge < -0.3 is 15.2 Å². The van der Waals surface area contributed by atoms with E-state index >= 15 is 0 Å². The smallest absolute Gasteiger partial charge is 0.335 e. The number of likely N-dealkylation sites (tertiary alicyclic amines) is 1. The van der Waals surface area contributed by atoms with Gasteiger partial charge in [0.15, 0.2) is 6.10 Å². The Bertz CT molecular complexity index is 903. The van der Waals surface area contributed by atoms with Gasteiger partial charge in [0.1, 0.15) is 5.75 Å². The Morgan fingerprint density at radius 3 is 2.75 bits per heavy atom. The van der Waals surface area contributed by atoms with E-state index in [0.29, 0.717) is 11.5 Å². The van der Waals surface area contributed by atoms with Crippen LogP contribution in [0, 0.1) is 0 Å². The number of anilines is 1. The fourth-order valence-corrected chi connectivity index (χ4v) is 3.95. The Morgan fingerprint density at radius 1 is 1.21 bits per heavy atom. The number of hydrogen-bond acceptors (Lipinski definition) is 4. The number of aromatic carboxylic acids is 1. The number of carbonyl (C=O) groups excluding carboxylic acids is 1. The highest BCUT2D eigenvalue weighted by Crippen LogP contribution is 2.32. The normalized spacial score (nSPS) is 20.2. The molecule has 2 aromatic rings. The lowest BCUT2D eigenvalue weighted by atomic mass is 9.88. The van der Waals surface area contributed by atoms with Gasteiger partial charge in [0.2, 0.25) is 0 Å². The van der Waals surface area contributed by atoms with Gasteiger partial charge in [-0.2, -0.15) is 0 Å². The average molecular weight is 380 g/mol. The van der Waals surface area contributed by atoms with Crippen molar-refractivity contribution in [3.8, 4) is 5.75 Å². The summed E-state index contributed by atoms with van der Waals surface area (Å²) >= 11 is 0. The first-order valence-corrected chi connectivity index (χ1v) is 9.65. The molecule has 0 spiro atoms. The Morgan fingerprint density at radius 2 is 2.00 bits per heavy atom. The molecule has 2 aliphatic heterocycles. The van der Waals surface area contributed by atoms with Gasteiger partial charge in [-0.15, -0.1) is 0 Å². The van der Waals surface area contributed by atoms with E-state index in [-0.39, 0.29) is 5.91 Å². The minimum Gasteiger partial charge on any atom is -0.479 e. The number of amides is 1. The molecule has 2 aliphatic rings. The summed E-state index contributed by atoms with van der Waals surface area (Å²) in [6.07, 6.45) is 1.55. The fourth-order valence-electron chi connectivity index (χ4n) is 3.95. The zero-order chi connectivity index (χ0) is 19.7. The third-order valence-corrected chi connectivity index (χ3v) is 5.58. The maximum absolute atomic E-state index is 11.7. The van der Waals surface area contributed by atoms with Crippen LogP contribution in [0.4, 0.5) is 5.69 Å². The average Bonchev–Trinajstić information content (AvgIpc) is 2.70. The van der Waals surface area contributed by atoms with Gasteiger partial charge in [-0.1, -0.05) is 18.2 Å². The molecule has 1 amide bonds. The monoisotopic (exact) mass is 380 g/mol. The van der Waals surface area contributed by atoms with Crippen molar-refractivity contribution < 1.29 is 19.4 Å². The van der Waals surface area contributed by atoms with Gasteiger partial charge in [0.05, 0.1) is 11.3 Å². The fraction of sp³-hybridized carbons (Fsp3) is 0.364. The van der Waals surface area contributed by atoms with Crippen molar-refractivity contribution in [2.24, 2.45) is 0 Å². The maximum atomic E-state index is 11.7. The minimum atomic E-state index is -0.876. The molecule has 0 bridgehead atoms. The van der Waals surface area contributed by atoms with Crippen LogP contribution < -0.4 is 10.1 Å². The SMILES string of the molecule is CC1Oc2cc(CN3CCC(c4cccc(C(=O)O)c4)CC3)ccc2NC1=O. The van der Waals surface area contributed by atoms with Crippen LogP contribution in [0.2, 0.25) is 0 Å². The Hall–Kier alpha value is -2.86. The second kappa shape index (κ2) is 7.64. The van der Waals surface area contributed by atoms with E-state index in [4.69, 9.17) is 4.74 Å². The molecule has 2 heterocycles. The van der Waals surface area contributed by atoms with Crippen molar-refractivity contribution in [1.82, 2.24) is 4.90 Å². The molecule has 28 heavy (non-hydrogen) atoms. The second-order valence-corrected chi connectivity index (χ2v) is 7.56. The van der Waals surface area contributed by atoms with Gasteiger partial charge in [0, 0.05) is 6.54 Å². The molecular weight excluding hydrogens is 356 g/mol. The topological polar surface area (TPSA) is 78.9 Å². The van der Waals surface area contributed by atoms with E-state index in [0.717, 1.165) is 55.0 Å². The first kappa shape index (κ1) is 18.5. The molecule has 146 valence electrons. The zero-order valence-corrected chi connectivity index (χ0v) is 15.9. The number of carboxylic acids is 1. The molecule has 0 saturated carbocycles. The molecule has 6 nitrogen and oxygen atoms in total. The van der Waals surface area contributed by atoms with Gasteiger partial charge in [-0.25, -0.2) is 4.79 Å². The summed E-state index contributed by atoms with van der Waals surface area (Å²) in [5.74, 6) is 0.136. The number of ether oxygens (including phenoxy) is 1. The zero-order valence-electron chi connectivity index (χ0n) is 15.9. The third kappa shape index (κ3) is 3.87. The second-order valence-electron chi connectivity index (χ2n) is 7.56. The molecular formula is C22H24N2O4. The van der Waals surface area contributed by atoms with Crippen molar-refractivity contribution in [1.29, 1.82) is 0 Å². The summed E-state index contributed by atoms with van der Waals surface area (Å²) in [6, 6.07) is 13.2. The van der Waals surface area contributed by atoms with Gasteiger partial charge in [0.25, 0.3) is 5.91 Å². The van der Waals surface area contributed by atoms with Gasteiger partial charge in [-0.05, 0) is 74.2 Å². The molecule has 0 aliphatic carbocycles. The summed E-state index contributed by atoms with van der Waals surface area (Å²) in [5, 5.41) is 12.0. The van der Waals surface area contributed by atoms with Crippen LogP contribution in [0.5, 0.6) is 5.75 Å². The molecule has 0 radical (unpaired) electrons. The number of carbonyl (C=O) groups is 2. The van der Waals surface area contributed by atoms with Crippen LogP contribution in [0.1, 0.15) is 47.2 Å². The maximum Gasteiger partial charge on any atom is 0.335 e. The molecule has 0 aromatic heterocycles. The van der Waals surface area contributed by atoms with E-state index in [1.165, 1.54) is 0 Å². The molecule has 2 aromatic carbocycles. The highest BCUT2D eigenvalue weighted by atomic mass is 16.5. The number of nitrogens with zero attached hydrogens (tertiary/aromatic N) is 1. The van der Waals surface area contributed by atoms with Crippen LogP contribution in [0.15, 0.2) is 42.5 Å². The summed E-state index contributed by atoms with van der Waals surface area (Å²) in [7, 11) is 0. The number of rotatable bonds is 4. The first-order valence-electron chi connectivity index (χ1n) is 9.65. The molecule has 1 atom stereocenters. The van der Waals surface area contributed by atoms with Gasteiger partial charge in [-0.3, -0.25) is 9.69 Å². The van der Waals surface area contributed by atoms with Crippen LogP contribution in [0.25, 0.3) is 0 Å². The number of nitrogens with one attached hydrogen (secondary N) is 1. The van der Waals surface area contributed by atoms with E-state index in [2.05, 4.69) is 10.2 Å². The van der Waals surface area contributed by atoms with Crippen LogP contribution in [-0.2, 0) is 11.3 Å².